The molecule has 0 aliphatic rings. The third-order valence-corrected chi connectivity index (χ3v) is 4.69. The molecule has 0 aliphatic heterocycles. The van der Waals surface area contributed by atoms with E-state index in [4.69, 9.17) is 21.1 Å². The van der Waals surface area contributed by atoms with Crippen LogP contribution in [0.5, 0.6) is 11.5 Å². The molecule has 0 amide bonds. The van der Waals surface area contributed by atoms with Gasteiger partial charge < -0.3 is 9.47 Å². The predicted octanol–water partition coefficient (Wildman–Crippen LogP) is 2.98. The summed E-state index contributed by atoms with van der Waals surface area (Å²) < 4.78 is 62.8. The average Bonchev–Trinajstić information content (AvgIpc) is 2.55. The second kappa shape index (κ2) is 7.78. The molecule has 0 aromatic heterocycles. The Morgan fingerprint density at radius 1 is 1.12 bits per heavy atom. The van der Waals surface area contributed by atoms with E-state index in [0.717, 1.165) is 12.1 Å². The molecule has 0 spiro atoms. The van der Waals surface area contributed by atoms with E-state index in [1.165, 1.54) is 31.4 Å². The number of rotatable bonds is 7. The molecule has 130 valence electrons. The topological polar surface area (TPSA) is 64.6 Å². The molecule has 2 aromatic rings. The van der Waals surface area contributed by atoms with Gasteiger partial charge in [-0.3, -0.25) is 0 Å². The van der Waals surface area contributed by atoms with Crippen LogP contribution in [0.25, 0.3) is 0 Å². The number of nitrogens with one attached hydrogen (secondary N) is 1. The van der Waals surface area contributed by atoms with Crippen molar-refractivity contribution in [2.45, 2.75) is 4.90 Å². The number of ether oxygens (including phenoxy) is 2. The largest absolute Gasteiger partial charge is 0.495 e. The van der Waals surface area contributed by atoms with Crippen LogP contribution in [-0.2, 0) is 10.0 Å². The van der Waals surface area contributed by atoms with E-state index in [2.05, 4.69) is 4.72 Å². The summed E-state index contributed by atoms with van der Waals surface area (Å²) >= 11 is 5.81. The highest BCUT2D eigenvalue weighted by Crippen LogP contribution is 2.26. The standard InChI is InChI=1S/C15H14ClF2NO4S/c1-22-14-5-2-10(16)8-15(14)24(20,21)19-6-7-23-11-3-4-12(17)13(18)9-11/h2-5,8-9,19H,6-7H2,1H3. The average molecular weight is 378 g/mol. The van der Waals surface area contributed by atoms with Crippen LogP contribution >= 0.6 is 11.6 Å². The molecular formula is C15H14ClF2NO4S. The van der Waals surface area contributed by atoms with Crippen molar-refractivity contribution >= 4 is 21.6 Å². The van der Waals surface area contributed by atoms with Gasteiger partial charge in [-0.1, -0.05) is 11.6 Å². The Morgan fingerprint density at radius 2 is 1.88 bits per heavy atom. The van der Waals surface area contributed by atoms with Crippen molar-refractivity contribution in [1.82, 2.24) is 4.72 Å². The van der Waals surface area contributed by atoms with Crippen LogP contribution in [-0.4, -0.2) is 28.7 Å². The minimum atomic E-state index is -3.87. The van der Waals surface area contributed by atoms with Gasteiger partial charge in [-0.2, -0.15) is 0 Å². The maximum Gasteiger partial charge on any atom is 0.244 e. The minimum absolute atomic E-state index is 0.0762. The summed E-state index contributed by atoms with van der Waals surface area (Å²) in [5, 5.41) is 0.245. The normalized spacial score (nSPS) is 11.3. The number of methoxy groups -OCH3 is 1. The van der Waals surface area contributed by atoms with Gasteiger partial charge in [0.25, 0.3) is 0 Å². The molecule has 0 heterocycles. The van der Waals surface area contributed by atoms with Crippen LogP contribution < -0.4 is 14.2 Å². The smallest absolute Gasteiger partial charge is 0.244 e. The number of hydrogen-bond donors (Lipinski definition) is 1. The molecule has 0 fully saturated rings. The lowest BCUT2D eigenvalue weighted by Gasteiger charge is -2.11. The van der Waals surface area contributed by atoms with Crippen LogP contribution in [0.4, 0.5) is 8.78 Å². The third-order valence-electron chi connectivity index (χ3n) is 2.97. The number of hydrogen-bond acceptors (Lipinski definition) is 4. The Morgan fingerprint density at radius 3 is 2.54 bits per heavy atom. The highest BCUT2D eigenvalue weighted by Gasteiger charge is 2.19. The van der Waals surface area contributed by atoms with E-state index < -0.39 is 21.7 Å². The molecule has 5 nitrogen and oxygen atoms in total. The van der Waals surface area contributed by atoms with Crippen LogP contribution in [0.3, 0.4) is 0 Å². The zero-order valence-electron chi connectivity index (χ0n) is 12.6. The molecule has 24 heavy (non-hydrogen) atoms. The molecule has 2 rings (SSSR count). The first-order valence-electron chi connectivity index (χ1n) is 6.74. The van der Waals surface area contributed by atoms with Crippen molar-refractivity contribution in [3.63, 3.8) is 0 Å². The summed E-state index contributed by atoms with van der Waals surface area (Å²) in [5.41, 5.74) is 0. The first kappa shape index (κ1) is 18.4. The van der Waals surface area contributed by atoms with Crippen LogP contribution in [0.1, 0.15) is 0 Å². The number of halogens is 3. The van der Waals surface area contributed by atoms with Crippen LogP contribution in [0.15, 0.2) is 41.3 Å². The molecule has 0 saturated heterocycles. The van der Waals surface area contributed by atoms with E-state index in [9.17, 15) is 17.2 Å². The molecule has 2 aromatic carbocycles. The SMILES string of the molecule is COc1ccc(Cl)cc1S(=O)(=O)NCCOc1ccc(F)c(F)c1. The Labute approximate surface area is 143 Å². The van der Waals surface area contributed by atoms with Crippen molar-refractivity contribution < 1.29 is 26.7 Å². The van der Waals surface area contributed by atoms with Gasteiger partial charge in [0.1, 0.15) is 23.0 Å². The van der Waals surface area contributed by atoms with Crippen molar-refractivity contribution in [3.8, 4) is 11.5 Å². The summed E-state index contributed by atoms with van der Waals surface area (Å²) in [6.07, 6.45) is 0. The van der Waals surface area contributed by atoms with Gasteiger partial charge in [-0.25, -0.2) is 21.9 Å². The van der Waals surface area contributed by atoms with E-state index in [1.54, 1.807) is 0 Å². The Kier molecular flexibility index (Phi) is 5.98. The first-order chi connectivity index (χ1) is 11.3. The van der Waals surface area contributed by atoms with Gasteiger partial charge in [-0.15, -0.1) is 0 Å². The number of benzene rings is 2. The summed E-state index contributed by atoms with van der Waals surface area (Å²) in [5.74, 6) is -1.80. The highest BCUT2D eigenvalue weighted by atomic mass is 35.5. The zero-order chi connectivity index (χ0) is 17.7. The maximum atomic E-state index is 13.0. The van der Waals surface area contributed by atoms with Gasteiger partial charge in [0, 0.05) is 17.6 Å². The van der Waals surface area contributed by atoms with E-state index in [-0.39, 0.29) is 34.6 Å². The molecule has 0 atom stereocenters. The van der Waals surface area contributed by atoms with Crippen molar-refractivity contribution in [3.05, 3.63) is 53.1 Å². The molecule has 9 heteroatoms. The Hall–Kier alpha value is -1.90. The molecule has 0 aliphatic carbocycles. The fraction of sp³-hybridized carbons (Fsp3) is 0.200. The van der Waals surface area contributed by atoms with Crippen molar-refractivity contribution in [2.75, 3.05) is 20.3 Å². The number of sulfonamides is 1. The second-order valence-electron chi connectivity index (χ2n) is 4.62. The van der Waals surface area contributed by atoms with Crippen LogP contribution in [0.2, 0.25) is 5.02 Å². The fourth-order valence-corrected chi connectivity index (χ4v) is 3.29. The molecule has 0 radical (unpaired) electrons. The van der Waals surface area contributed by atoms with Crippen molar-refractivity contribution in [2.24, 2.45) is 0 Å². The molecule has 0 saturated carbocycles. The van der Waals surface area contributed by atoms with Gasteiger partial charge in [0.2, 0.25) is 10.0 Å². The van der Waals surface area contributed by atoms with Gasteiger partial charge >= 0.3 is 0 Å². The lowest BCUT2D eigenvalue weighted by Crippen LogP contribution is -2.28. The van der Waals surface area contributed by atoms with E-state index in [0.29, 0.717) is 0 Å². The Balaban J connectivity index is 1.98. The lowest BCUT2D eigenvalue weighted by molar-refractivity contribution is 0.319. The quantitative estimate of drug-likeness (QED) is 0.753. The summed E-state index contributed by atoms with van der Waals surface area (Å²) in [6.45, 7) is -0.163. The second-order valence-corrected chi connectivity index (χ2v) is 6.79. The summed E-state index contributed by atoms with van der Waals surface area (Å²) in [7, 11) is -2.53. The fourth-order valence-electron chi connectivity index (χ4n) is 1.85. The Bertz CT molecular complexity index is 830. The van der Waals surface area contributed by atoms with Gasteiger partial charge in [0.05, 0.1) is 7.11 Å². The van der Waals surface area contributed by atoms with Crippen molar-refractivity contribution in [1.29, 1.82) is 0 Å². The monoisotopic (exact) mass is 377 g/mol. The van der Waals surface area contributed by atoms with E-state index >= 15 is 0 Å². The van der Waals surface area contributed by atoms with Gasteiger partial charge in [-0.05, 0) is 30.3 Å². The summed E-state index contributed by atoms with van der Waals surface area (Å²) in [4.78, 5) is -0.106. The lowest BCUT2D eigenvalue weighted by atomic mass is 10.3. The molecule has 0 bridgehead atoms. The summed E-state index contributed by atoms with van der Waals surface area (Å²) in [6, 6.07) is 7.25. The van der Waals surface area contributed by atoms with Crippen LogP contribution in [0, 0.1) is 11.6 Å². The van der Waals surface area contributed by atoms with E-state index in [1.807, 2.05) is 0 Å². The molecule has 1 N–H and O–H groups in total. The minimum Gasteiger partial charge on any atom is -0.495 e. The first-order valence-corrected chi connectivity index (χ1v) is 8.60. The molecular weight excluding hydrogens is 364 g/mol. The predicted molar refractivity (Wildman–Crippen MR) is 85.0 cm³/mol. The molecule has 0 unspecified atom stereocenters. The van der Waals surface area contributed by atoms with Gasteiger partial charge in [0.15, 0.2) is 11.6 Å². The zero-order valence-corrected chi connectivity index (χ0v) is 14.1. The highest BCUT2D eigenvalue weighted by molar-refractivity contribution is 7.89. The third kappa shape index (κ3) is 4.56. The maximum absolute atomic E-state index is 13.0.